The molecule has 1 heterocycles. The average molecular weight is 328 g/mol. The molecule has 1 fully saturated rings. The van der Waals surface area contributed by atoms with E-state index >= 15 is 0 Å². The second kappa shape index (κ2) is 6.01. The maximum atomic E-state index is 12.0. The molecule has 1 N–H and O–H groups in total. The van der Waals surface area contributed by atoms with Crippen LogP contribution in [0.4, 0.5) is 0 Å². The molecule has 1 atom stereocenters. The van der Waals surface area contributed by atoms with Crippen LogP contribution in [-0.4, -0.2) is 24.0 Å². The molecule has 6 heteroatoms. The number of nitrogens with zero attached hydrogens (tertiary/aromatic N) is 1. The summed E-state index contributed by atoms with van der Waals surface area (Å²) in [5, 5.41) is 12.8. The number of ether oxygens (including phenoxy) is 1. The Morgan fingerprint density at radius 2 is 2.17 bits per heavy atom. The van der Waals surface area contributed by atoms with Crippen LogP contribution in [0.1, 0.15) is 29.4 Å². The highest BCUT2D eigenvalue weighted by atomic mass is 32.1. The molecule has 1 amide bonds. The largest absolute Gasteiger partial charge is 0.451 e. The minimum atomic E-state index is -0.874. The van der Waals surface area contributed by atoms with Gasteiger partial charge >= 0.3 is 5.97 Å². The van der Waals surface area contributed by atoms with Crippen LogP contribution in [0.25, 0.3) is 10.1 Å². The van der Waals surface area contributed by atoms with Crippen LogP contribution in [0.2, 0.25) is 0 Å². The van der Waals surface area contributed by atoms with Gasteiger partial charge in [-0.15, -0.1) is 11.3 Å². The van der Waals surface area contributed by atoms with Gasteiger partial charge in [0.05, 0.1) is 6.07 Å². The molecule has 1 aliphatic rings. The molecule has 1 aliphatic carbocycles. The number of benzene rings is 1. The Balaban J connectivity index is 1.58. The Labute approximate surface area is 137 Å². The van der Waals surface area contributed by atoms with E-state index < -0.39 is 17.4 Å². The van der Waals surface area contributed by atoms with E-state index in [-0.39, 0.29) is 12.5 Å². The molecule has 0 saturated heterocycles. The molecular formula is C17H16N2O3S. The zero-order valence-corrected chi connectivity index (χ0v) is 13.5. The molecule has 0 unspecified atom stereocenters. The number of carbonyl (C=O) groups is 2. The van der Waals surface area contributed by atoms with Gasteiger partial charge in [0.1, 0.15) is 10.4 Å². The van der Waals surface area contributed by atoms with Gasteiger partial charge in [-0.25, -0.2) is 4.79 Å². The fraction of sp³-hybridized carbons (Fsp3) is 0.353. The van der Waals surface area contributed by atoms with E-state index in [2.05, 4.69) is 11.4 Å². The third kappa shape index (κ3) is 3.35. The number of thiophene rings is 1. The summed E-state index contributed by atoms with van der Waals surface area (Å²) >= 11 is 1.33. The number of rotatable bonds is 5. The van der Waals surface area contributed by atoms with Crippen LogP contribution in [0.15, 0.2) is 30.3 Å². The standard InChI is InChI=1S/C17H16N2O3S/c1-17(10-18,12-6-7-12)19-15(20)9-22-16(21)14-8-11-4-2-3-5-13(11)23-14/h2-5,8,12H,6-7,9H2,1H3,(H,19,20)/t17-/m1/s1. The van der Waals surface area contributed by atoms with Crippen LogP contribution in [0, 0.1) is 17.2 Å². The first-order valence-electron chi connectivity index (χ1n) is 7.40. The Kier molecular flexibility index (Phi) is 4.05. The lowest BCUT2D eigenvalue weighted by Crippen LogP contribution is -2.48. The number of hydrogen-bond acceptors (Lipinski definition) is 5. The molecule has 0 spiro atoms. The summed E-state index contributed by atoms with van der Waals surface area (Å²) in [7, 11) is 0. The number of amides is 1. The van der Waals surface area contributed by atoms with Gasteiger partial charge in [-0.3, -0.25) is 4.79 Å². The monoisotopic (exact) mass is 328 g/mol. The van der Waals surface area contributed by atoms with Crippen molar-refractivity contribution in [2.45, 2.75) is 25.3 Å². The molecule has 3 rings (SSSR count). The summed E-state index contributed by atoms with van der Waals surface area (Å²) < 4.78 is 6.06. The van der Waals surface area contributed by atoms with E-state index in [0.717, 1.165) is 22.9 Å². The predicted octanol–water partition coefficient (Wildman–Crippen LogP) is 2.87. The molecule has 1 aromatic heterocycles. The Morgan fingerprint density at radius 1 is 1.43 bits per heavy atom. The minimum Gasteiger partial charge on any atom is -0.451 e. The van der Waals surface area contributed by atoms with E-state index in [1.807, 2.05) is 24.3 Å². The predicted molar refractivity (Wildman–Crippen MR) is 87.0 cm³/mol. The third-order valence-electron chi connectivity index (χ3n) is 3.99. The van der Waals surface area contributed by atoms with Crippen LogP contribution < -0.4 is 5.32 Å². The number of esters is 1. The van der Waals surface area contributed by atoms with Gasteiger partial charge < -0.3 is 10.1 Å². The van der Waals surface area contributed by atoms with E-state index in [1.54, 1.807) is 13.0 Å². The smallest absolute Gasteiger partial charge is 0.348 e. The summed E-state index contributed by atoms with van der Waals surface area (Å²) in [6.45, 7) is 1.33. The van der Waals surface area contributed by atoms with Gasteiger partial charge in [-0.1, -0.05) is 18.2 Å². The first kappa shape index (κ1) is 15.5. The van der Waals surface area contributed by atoms with Crippen molar-refractivity contribution in [2.24, 2.45) is 5.92 Å². The van der Waals surface area contributed by atoms with E-state index in [4.69, 9.17) is 4.74 Å². The molecule has 2 aromatic rings. The summed E-state index contributed by atoms with van der Waals surface area (Å²) in [6.07, 6.45) is 1.87. The van der Waals surface area contributed by atoms with E-state index in [0.29, 0.717) is 4.88 Å². The summed E-state index contributed by atoms with van der Waals surface area (Å²) in [6, 6.07) is 11.5. The second-order valence-electron chi connectivity index (χ2n) is 5.86. The van der Waals surface area contributed by atoms with Crippen molar-refractivity contribution >= 4 is 33.3 Å². The van der Waals surface area contributed by atoms with Gasteiger partial charge in [-0.2, -0.15) is 5.26 Å². The molecule has 0 aliphatic heterocycles. The Hall–Kier alpha value is -2.39. The molecule has 1 saturated carbocycles. The first-order valence-corrected chi connectivity index (χ1v) is 8.21. The molecule has 5 nitrogen and oxygen atoms in total. The van der Waals surface area contributed by atoms with Crippen LogP contribution in [0.5, 0.6) is 0 Å². The van der Waals surface area contributed by atoms with Crippen LogP contribution in [-0.2, 0) is 9.53 Å². The number of fused-ring (bicyclic) bond motifs is 1. The maximum absolute atomic E-state index is 12.0. The molecular weight excluding hydrogens is 312 g/mol. The highest BCUT2D eigenvalue weighted by Gasteiger charge is 2.43. The quantitative estimate of drug-likeness (QED) is 0.856. The van der Waals surface area contributed by atoms with Gasteiger partial charge in [0.2, 0.25) is 0 Å². The number of carbonyl (C=O) groups excluding carboxylic acids is 2. The molecule has 0 bridgehead atoms. The Bertz CT molecular complexity index is 771. The molecule has 1 aromatic carbocycles. The molecule has 118 valence electrons. The fourth-order valence-electron chi connectivity index (χ4n) is 2.49. The maximum Gasteiger partial charge on any atom is 0.348 e. The summed E-state index contributed by atoms with van der Waals surface area (Å²) in [4.78, 5) is 24.4. The van der Waals surface area contributed by atoms with Crippen molar-refractivity contribution < 1.29 is 14.3 Å². The topological polar surface area (TPSA) is 79.2 Å². The number of hydrogen-bond donors (Lipinski definition) is 1. The summed E-state index contributed by atoms with van der Waals surface area (Å²) in [5.41, 5.74) is -0.874. The lowest BCUT2D eigenvalue weighted by molar-refractivity contribution is -0.125. The van der Waals surface area contributed by atoms with Crippen molar-refractivity contribution in [2.75, 3.05) is 6.61 Å². The average Bonchev–Trinajstić information content (AvgIpc) is 3.32. The zero-order valence-electron chi connectivity index (χ0n) is 12.7. The molecule has 0 radical (unpaired) electrons. The van der Waals surface area contributed by atoms with Crippen molar-refractivity contribution in [3.8, 4) is 6.07 Å². The SMILES string of the molecule is C[C@](C#N)(NC(=O)COC(=O)c1cc2ccccc2s1)C1CC1. The highest BCUT2D eigenvalue weighted by Crippen LogP contribution is 2.39. The van der Waals surface area contributed by atoms with E-state index in [9.17, 15) is 14.9 Å². The lowest BCUT2D eigenvalue weighted by Gasteiger charge is -2.22. The van der Waals surface area contributed by atoms with Crippen LogP contribution in [0.3, 0.4) is 0 Å². The Morgan fingerprint density at radius 3 is 2.83 bits per heavy atom. The lowest BCUT2D eigenvalue weighted by atomic mass is 9.98. The van der Waals surface area contributed by atoms with Crippen molar-refractivity contribution in [1.82, 2.24) is 5.32 Å². The normalized spacial score (nSPS) is 16.3. The van der Waals surface area contributed by atoms with Crippen molar-refractivity contribution in [1.29, 1.82) is 5.26 Å². The first-order chi connectivity index (χ1) is 11.0. The second-order valence-corrected chi connectivity index (χ2v) is 6.94. The number of nitrogens with one attached hydrogen (secondary N) is 1. The number of nitriles is 1. The minimum absolute atomic E-state index is 0.190. The van der Waals surface area contributed by atoms with Crippen LogP contribution >= 0.6 is 11.3 Å². The van der Waals surface area contributed by atoms with E-state index in [1.165, 1.54) is 11.3 Å². The fourth-order valence-corrected chi connectivity index (χ4v) is 3.45. The van der Waals surface area contributed by atoms with Crippen molar-refractivity contribution in [3.05, 3.63) is 35.2 Å². The zero-order chi connectivity index (χ0) is 16.4. The van der Waals surface area contributed by atoms with Gasteiger partial charge in [0, 0.05) is 4.70 Å². The van der Waals surface area contributed by atoms with Gasteiger partial charge in [-0.05, 0) is 43.2 Å². The highest BCUT2D eigenvalue weighted by molar-refractivity contribution is 7.20. The molecule has 23 heavy (non-hydrogen) atoms. The van der Waals surface area contributed by atoms with Gasteiger partial charge in [0.15, 0.2) is 6.61 Å². The van der Waals surface area contributed by atoms with Gasteiger partial charge in [0.25, 0.3) is 5.91 Å². The van der Waals surface area contributed by atoms with Crippen molar-refractivity contribution in [3.63, 3.8) is 0 Å². The third-order valence-corrected chi connectivity index (χ3v) is 5.08. The summed E-state index contributed by atoms with van der Waals surface area (Å²) in [5.74, 6) is -0.781.